The van der Waals surface area contributed by atoms with Crippen LogP contribution in [0.25, 0.3) is 0 Å². The molecular weight excluding hydrogens is 490 g/mol. The van der Waals surface area contributed by atoms with Crippen molar-refractivity contribution in [1.82, 2.24) is 4.98 Å². The van der Waals surface area contributed by atoms with Crippen molar-refractivity contribution >= 4 is 15.7 Å². The molecule has 3 saturated carbocycles. The Morgan fingerprint density at radius 3 is 1.93 bits per heavy atom. The first-order valence-corrected chi connectivity index (χ1v) is 10.8. The first-order valence-electron chi connectivity index (χ1n) is 8.75. The Kier molecular flexibility index (Phi) is 21.2. The molecule has 3 fully saturated rings. The van der Waals surface area contributed by atoms with Crippen LogP contribution in [-0.2, 0) is 35.2 Å². The van der Waals surface area contributed by atoms with E-state index in [0.717, 1.165) is 5.92 Å². The number of rotatable bonds is 2. The van der Waals surface area contributed by atoms with Gasteiger partial charge in [0.2, 0.25) is 0 Å². The average Bonchev–Trinajstić information content (AvgIpc) is 3.47. The van der Waals surface area contributed by atoms with Gasteiger partial charge in [-0.1, -0.05) is 38.2 Å². The van der Waals surface area contributed by atoms with E-state index in [1.807, 2.05) is 75.8 Å². The van der Waals surface area contributed by atoms with E-state index in [-0.39, 0.29) is 17.1 Å². The molecule has 3 aliphatic carbocycles. The molecule has 0 saturated heterocycles. The normalized spacial score (nSPS) is 19.7. The maximum atomic E-state index is 4.57. The summed E-state index contributed by atoms with van der Waals surface area (Å²) < 4.78 is 0. The molecule has 0 bridgehead atoms. The molecule has 0 N–H and O–H groups in total. The minimum atomic E-state index is 0. The van der Waals surface area contributed by atoms with Gasteiger partial charge in [-0.15, -0.1) is 0 Å². The summed E-state index contributed by atoms with van der Waals surface area (Å²) in [4.78, 5) is 8.35. The van der Waals surface area contributed by atoms with Crippen LogP contribution in [0.5, 0.6) is 0 Å². The third-order valence-electron chi connectivity index (χ3n) is 3.74. The van der Waals surface area contributed by atoms with Gasteiger partial charge in [-0.3, -0.25) is 9.98 Å². The van der Waals surface area contributed by atoms with E-state index in [2.05, 4.69) is 44.1 Å². The van der Waals surface area contributed by atoms with Gasteiger partial charge in [-0.05, 0) is 63.3 Å². The van der Waals surface area contributed by atoms with Gasteiger partial charge in [-0.2, -0.15) is 5.92 Å². The maximum Gasteiger partial charge on any atom is 2.00 e. The van der Waals surface area contributed by atoms with Crippen molar-refractivity contribution in [3.63, 3.8) is 0 Å². The molecule has 5 heteroatoms. The van der Waals surface area contributed by atoms with Gasteiger partial charge in [0.05, 0.1) is 0 Å². The van der Waals surface area contributed by atoms with E-state index in [1.54, 1.807) is 12.4 Å². The molecule has 0 unspecified atom stereocenters. The maximum absolute atomic E-state index is 4.57. The van der Waals surface area contributed by atoms with Crippen LogP contribution in [0.4, 0.5) is 0 Å². The van der Waals surface area contributed by atoms with Crippen LogP contribution in [0.15, 0.2) is 35.6 Å². The largest absolute Gasteiger partial charge is 2.00 e. The van der Waals surface area contributed by atoms with E-state index < -0.39 is 0 Å². The first-order chi connectivity index (χ1) is 12.9. The molecule has 1 aromatic heterocycles. The Morgan fingerprint density at radius 1 is 0.926 bits per heavy atom. The number of nitrogens with zero attached hydrogens (tertiary/aromatic N) is 2. The molecule has 0 amide bonds. The zero-order chi connectivity index (χ0) is 18.7. The molecule has 146 valence electrons. The smallest absolute Gasteiger partial charge is 0.265 e. The Hall–Kier alpha value is 0.292. The summed E-state index contributed by atoms with van der Waals surface area (Å²) in [6.45, 7) is 0. The second kappa shape index (κ2) is 21.0. The molecular formula is C22H25ClFeN2Pd+2. The van der Waals surface area contributed by atoms with Crippen molar-refractivity contribution in [1.29, 1.82) is 0 Å². The van der Waals surface area contributed by atoms with Gasteiger partial charge in [-0.25, -0.2) is 6.42 Å². The van der Waals surface area contributed by atoms with Crippen molar-refractivity contribution in [2.45, 2.75) is 38.1 Å². The van der Waals surface area contributed by atoms with E-state index in [4.69, 9.17) is 0 Å². The van der Waals surface area contributed by atoms with E-state index in [1.165, 1.54) is 32.1 Å². The van der Waals surface area contributed by atoms with Gasteiger partial charge in [0.1, 0.15) is 0 Å². The van der Waals surface area contributed by atoms with Crippen molar-refractivity contribution in [2.75, 3.05) is 0 Å². The molecule has 27 heavy (non-hydrogen) atoms. The molecule has 3 aliphatic rings. The second-order valence-electron chi connectivity index (χ2n) is 5.68. The van der Waals surface area contributed by atoms with E-state index in [0.29, 0.717) is 6.04 Å². The van der Waals surface area contributed by atoms with Crippen LogP contribution in [0, 0.1) is 63.7 Å². The van der Waals surface area contributed by atoms with Gasteiger partial charge in [0, 0.05) is 18.4 Å². The van der Waals surface area contributed by atoms with Gasteiger partial charge >= 0.3 is 44.8 Å². The minimum Gasteiger partial charge on any atom is -0.265 e. The van der Waals surface area contributed by atoms with Crippen molar-refractivity contribution in [2.24, 2.45) is 4.99 Å². The van der Waals surface area contributed by atoms with Crippen LogP contribution < -0.4 is 0 Å². The molecule has 0 aliphatic heterocycles. The molecule has 4 rings (SSSR count). The van der Waals surface area contributed by atoms with Gasteiger partial charge < -0.3 is 6.42 Å². The van der Waals surface area contributed by atoms with Crippen molar-refractivity contribution in [3.05, 3.63) is 94.3 Å². The minimum absolute atomic E-state index is 0. The van der Waals surface area contributed by atoms with Crippen molar-refractivity contribution < 1.29 is 35.2 Å². The zero-order valence-corrected chi connectivity index (χ0v) is 18.6. The topological polar surface area (TPSA) is 25.2 Å². The van der Waals surface area contributed by atoms with Crippen molar-refractivity contribution in [3.8, 4) is 0 Å². The summed E-state index contributed by atoms with van der Waals surface area (Å²) in [6, 6.07) is 6.30. The summed E-state index contributed by atoms with van der Waals surface area (Å²) in [5.41, 5.74) is 0. The molecule has 10 radical (unpaired) electrons. The molecule has 2 nitrogen and oxygen atoms in total. The van der Waals surface area contributed by atoms with E-state index >= 15 is 0 Å². The Labute approximate surface area is 192 Å². The molecule has 0 aromatic carbocycles. The number of aliphatic imine (C=N–C) groups is 1. The fourth-order valence-electron chi connectivity index (χ4n) is 2.47. The van der Waals surface area contributed by atoms with Crippen LogP contribution in [0.3, 0.4) is 0 Å². The predicted octanol–water partition coefficient (Wildman–Crippen LogP) is 5.46. The first kappa shape index (κ1) is 27.3. The quantitative estimate of drug-likeness (QED) is 0.292. The number of hydrogen-bond acceptors (Lipinski definition) is 2. The Balaban J connectivity index is 0.000000404. The molecule has 0 spiro atoms. The Bertz CT molecular complexity index is 383. The predicted molar refractivity (Wildman–Crippen MR) is 106 cm³/mol. The number of pyridine rings is 1. The summed E-state index contributed by atoms with van der Waals surface area (Å²) in [5.74, 6) is 1.12. The summed E-state index contributed by atoms with van der Waals surface area (Å²) >= 11 is 2.22. The summed E-state index contributed by atoms with van der Waals surface area (Å²) in [5, 5.41) is 0. The van der Waals surface area contributed by atoms with E-state index in [9.17, 15) is 0 Å². The number of aromatic nitrogens is 1. The number of hydrogen-bond donors (Lipinski definition) is 0. The standard InChI is InChI=1S/C12H15N.C5H5N.C5H5.ClH.Fe.Pd/c1-2-8-12(9-3-1)13-10-11-6-4-5-7-11;1-2-4-6-5-3-1;1-2-4-5-3-1;;;/h4-6,10,12H,1-3,8-9H2;1-5H;1-5H;1H;;/q-1;;;;2*+2/p-1. The average molecular weight is 515 g/mol. The summed E-state index contributed by atoms with van der Waals surface area (Å²) in [6.07, 6.45) is 31.2. The van der Waals surface area contributed by atoms with Crippen LogP contribution in [0.2, 0.25) is 0 Å². The molecule has 0 atom stereocenters. The third-order valence-corrected chi connectivity index (χ3v) is 3.74. The molecule has 1 heterocycles. The summed E-state index contributed by atoms with van der Waals surface area (Å²) in [7, 11) is 4.49. The van der Waals surface area contributed by atoms with Crippen LogP contribution in [-0.4, -0.2) is 17.2 Å². The van der Waals surface area contributed by atoms with Gasteiger partial charge in [0.15, 0.2) is 0 Å². The fraction of sp³-hybridized carbons (Fsp3) is 0.273. The SMILES string of the molecule is [C-]1[CH][CH][CH][C]1C=NC1CCCCC1.[CH]1[CH][CH][CH][CH]1.[Cl][Pd+].[Fe+2].c1ccncc1. The van der Waals surface area contributed by atoms with Crippen LogP contribution >= 0.6 is 9.53 Å². The van der Waals surface area contributed by atoms with Gasteiger partial charge in [0.25, 0.3) is 0 Å². The van der Waals surface area contributed by atoms with Crippen LogP contribution in [0.1, 0.15) is 32.1 Å². The molecule has 1 aromatic rings. The monoisotopic (exact) mass is 514 g/mol. The third kappa shape index (κ3) is 15.8. The number of halogens is 1. The Morgan fingerprint density at radius 2 is 1.52 bits per heavy atom. The second-order valence-corrected chi connectivity index (χ2v) is 5.68. The fourth-order valence-corrected chi connectivity index (χ4v) is 2.47. The zero-order valence-electron chi connectivity index (χ0n) is 15.1.